The number of aliphatic imine (C=N–C) groups is 1. The number of rotatable bonds is 5. The van der Waals surface area contributed by atoms with Gasteiger partial charge in [-0.05, 0) is 29.3 Å². The first-order valence-corrected chi connectivity index (χ1v) is 7.93. The Kier molecular flexibility index (Phi) is 4.99. The van der Waals surface area contributed by atoms with Crippen molar-refractivity contribution in [2.24, 2.45) is 17.8 Å². The molecule has 1 heterocycles. The largest absolute Gasteiger partial charge is 0.497 e. The molecule has 0 amide bonds. The van der Waals surface area contributed by atoms with Crippen LogP contribution in [-0.2, 0) is 13.6 Å². The normalized spacial score (nSPS) is 11.4. The van der Waals surface area contributed by atoms with Crippen LogP contribution in [0.1, 0.15) is 5.56 Å². The van der Waals surface area contributed by atoms with Gasteiger partial charge in [0.15, 0.2) is 5.96 Å². The molecule has 0 atom stereocenters. The topological polar surface area (TPSA) is 77.5 Å². The van der Waals surface area contributed by atoms with Gasteiger partial charge in [0.25, 0.3) is 0 Å². The Bertz CT molecular complexity index is 885. The van der Waals surface area contributed by atoms with Crippen LogP contribution < -0.4 is 15.8 Å². The van der Waals surface area contributed by atoms with E-state index in [9.17, 15) is 0 Å². The SMILES string of the molecule is COc1cccc(NC(N)=NCc2cccc(-c3cnn(C)c3)c2)c1. The van der Waals surface area contributed by atoms with E-state index in [1.54, 1.807) is 11.8 Å². The number of nitrogens with zero attached hydrogens (tertiary/aromatic N) is 3. The molecule has 0 spiro atoms. The third-order valence-corrected chi connectivity index (χ3v) is 3.74. The van der Waals surface area contributed by atoms with Gasteiger partial charge in [-0.3, -0.25) is 4.68 Å². The van der Waals surface area contributed by atoms with E-state index in [1.165, 1.54) is 0 Å². The quantitative estimate of drug-likeness (QED) is 0.555. The highest BCUT2D eigenvalue weighted by Crippen LogP contribution is 2.20. The average molecular weight is 335 g/mol. The van der Waals surface area contributed by atoms with Crippen LogP contribution in [0, 0.1) is 0 Å². The van der Waals surface area contributed by atoms with Gasteiger partial charge in [-0.25, -0.2) is 4.99 Å². The number of nitrogens with one attached hydrogen (secondary N) is 1. The molecule has 25 heavy (non-hydrogen) atoms. The van der Waals surface area contributed by atoms with Crippen molar-refractivity contribution in [3.63, 3.8) is 0 Å². The third-order valence-electron chi connectivity index (χ3n) is 3.74. The van der Waals surface area contributed by atoms with Gasteiger partial charge in [0.05, 0.1) is 19.9 Å². The third kappa shape index (κ3) is 4.38. The molecule has 2 aromatic carbocycles. The summed E-state index contributed by atoms with van der Waals surface area (Å²) in [7, 11) is 3.54. The summed E-state index contributed by atoms with van der Waals surface area (Å²) in [5, 5.41) is 7.28. The number of anilines is 1. The number of aryl methyl sites for hydroxylation is 1. The zero-order valence-corrected chi connectivity index (χ0v) is 14.3. The Morgan fingerprint density at radius 1 is 1.20 bits per heavy atom. The van der Waals surface area contributed by atoms with Crippen LogP contribution >= 0.6 is 0 Å². The van der Waals surface area contributed by atoms with Gasteiger partial charge in [-0.1, -0.05) is 24.3 Å². The Hall–Kier alpha value is -3.28. The van der Waals surface area contributed by atoms with Crippen molar-refractivity contribution >= 4 is 11.6 Å². The number of benzene rings is 2. The van der Waals surface area contributed by atoms with Crippen LogP contribution in [0.2, 0.25) is 0 Å². The van der Waals surface area contributed by atoms with Crippen molar-refractivity contribution in [2.75, 3.05) is 12.4 Å². The highest BCUT2D eigenvalue weighted by molar-refractivity contribution is 5.92. The van der Waals surface area contributed by atoms with E-state index in [0.29, 0.717) is 12.5 Å². The maximum absolute atomic E-state index is 5.98. The number of nitrogens with two attached hydrogens (primary N) is 1. The maximum Gasteiger partial charge on any atom is 0.193 e. The zero-order chi connectivity index (χ0) is 17.6. The molecule has 0 radical (unpaired) electrons. The molecule has 0 fully saturated rings. The van der Waals surface area contributed by atoms with Gasteiger partial charge in [0.2, 0.25) is 0 Å². The smallest absolute Gasteiger partial charge is 0.193 e. The molecular weight excluding hydrogens is 314 g/mol. The summed E-state index contributed by atoms with van der Waals surface area (Å²) in [6.45, 7) is 0.497. The molecule has 6 nitrogen and oxygen atoms in total. The van der Waals surface area contributed by atoms with E-state index in [-0.39, 0.29) is 0 Å². The van der Waals surface area contributed by atoms with Crippen molar-refractivity contribution in [3.8, 4) is 16.9 Å². The van der Waals surface area contributed by atoms with Crippen molar-refractivity contribution < 1.29 is 4.74 Å². The van der Waals surface area contributed by atoms with E-state index in [1.807, 2.05) is 55.8 Å². The lowest BCUT2D eigenvalue weighted by molar-refractivity contribution is 0.415. The second kappa shape index (κ2) is 7.53. The minimum Gasteiger partial charge on any atom is -0.497 e. The van der Waals surface area contributed by atoms with E-state index < -0.39 is 0 Å². The Balaban J connectivity index is 1.68. The Morgan fingerprint density at radius 3 is 2.80 bits per heavy atom. The number of hydrogen-bond acceptors (Lipinski definition) is 3. The molecule has 6 heteroatoms. The number of aromatic nitrogens is 2. The highest BCUT2D eigenvalue weighted by atomic mass is 16.5. The first-order chi connectivity index (χ1) is 12.1. The standard InChI is InChI=1S/C19H21N5O/c1-24-13-16(12-22-24)15-6-3-5-14(9-15)11-21-19(20)23-17-7-4-8-18(10-17)25-2/h3-10,12-13H,11H2,1-2H3,(H3,20,21,23). The molecule has 0 aliphatic heterocycles. The predicted molar refractivity (Wildman–Crippen MR) is 101 cm³/mol. The van der Waals surface area contributed by atoms with E-state index >= 15 is 0 Å². The summed E-state index contributed by atoms with van der Waals surface area (Å²) in [5.74, 6) is 1.13. The van der Waals surface area contributed by atoms with E-state index in [4.69, 9.17) is 10.5 Å². The van der Waals surface area contributed by atoms with Crippen LogP contribution in [0.15, 0.2) is 65.9 Å². The van der Waals surface area contributed by atoms with Crippen LogP contribution in [0.25, 0.3) is 11.1 Å². The molecular formula is C19H21N5O. The average Bonchev–Trinajstić information content (AvgIpc) is 3.07. The molecule has 0 unspecified atom stereocenters. The van der Waals surface area contributed by atoms with Crippen LogP contribution in [0.5, 0.6) is 5.75 Å². The van der Waals surface area contributed by atoms with Gasteiger partial charge >= 0.3 is 0 Å². The summed E-state index contributed by atoms with van der Waals surface area (Å²) in [4.78, 5) is 4.41. The first kappa shape index (κ1) is 16.6. The molecule has 0 bridgehead atoms. The van der Waals surface area contributed by atoms with Crippen molar-refractivity contribution in [1.82, 2.24) is 9.78 Å². The molecule has 3 aromatic rings. The minimum atomic E-state index is 0.361. The van der Waals surface area contributed by atoms with Crippen molar-refractivity contribution in [1.29, 1.82) is 0 Å². The molecule has 3 N–H and O–H groups in total. The summed E-state index contributed by atoms with van der Waals surface area (Å²) >= 11 is 0. The number of ether oxygens (including phenoxy) is 1. The van der Waals surface area contributed by atoms with Gasteiger partial charge in [0.1, 0.15) is 5.75 Å². The van der Waals surface area contributed by atoms with Crippen LogP contribution in [0.4, 0.5) is 5.69 Å². The summed E-state index contributed by atoms with van der Waals surface area (Å²) in [6, 6.07) is 15.7. The lowest BCUT2D eigenvalue weighted by Gasteiger charge is -2.07. The van der Waals surface area contributed by atoms with Crippen molar-refractivity contribution in [2.45, 2.75) is 6.54 Å². The van der Waals surface area contributed by atoms with Gasteiger partial charge in [-0.2, -0.15) is 5.10 Å². The molecule has 1 aromatic heterocycles. The number of hydrogen-bond donors (Lipinski definition) is 2. The second-order valence-electron chi connectivity index (χ2n) is 5.66. The predicted octanol–water partition coefficient (Wildman–Crippen LogP) is 3.02. The minimum absolute atomic E-state index is 0.361. The summed E-state index contributed by atoms with van der Waals surface area (Å²) in [6.07, 6.45) is 3.84. The molecule has 0 saturated heterocycles. The molecule has 0 aliphatic carbocycles. The highest BCUT2D eigenvalue weighted by Gasteiger charge is 2.02. The van der Waals surface area contributed by atoms with E-state index in [0.717, 1.165) is 28.1 Å². The zero-order valence-electron chi connectivity index (χ0n) is 14.3. The Labute approximate surface area is 147 Å². The van der Waals surface area contributed by atoms with Crippen molar-refractivity contribution in [3.05, 3.63) is 66.5 Å². The van der Waals surface area contributed by atoms with Crippen LogP contribution in [0.3, 0.4) is 0 Å². The molecule has 3 rings (SSSR count). The fourth-order valence-corrected chi connectivity index (χ4v) is 2.48. The van der Waals surface area contributed by atoms with Gasteiger partial charge < -0.3 is 15.8 Å². The van der Waals surface area contributed by atoms with E-state index in [2.05, 4.69) is 27.5 Å². The Morgan fingerprint density at radius 2 is 2.04 bits per heavy atom. The van der Waals surface area contributed by atoms with Crippen LogP contribution in [-0.4, -0.2) is 22.8 Å². The lowest BCUT2D eigenvalue weighted by Crippen LogP contribution is -2.22. The molecule has 0 aliphatic rings. The van der Waals surface area contributed by atoms with Gasteiger partial charge in [0, 0.05) is 30.6 Å². The summed E-state index contributed by atoms with van der Waals surface area (Å²) in [5.41, 5.74) is 10.1. The maximum atomic E-state index is 5.98. The van der Waals surface area contributed by atoms with Gasteiger partial charge in [-0.15, -0.1) is 0 Å². The fourth-order valence-electron chi connectivity index (χ4n) is 2.48. The molecule has 0 saturated carbocycles. The lowest BCUT2D eigenvalue weighted by atomic mass is 10.1. The summed E-state index contributed by atoms with van der Waals surface area (Å²) < 4.78 is 6.98. The first-order valence-electron chi connectivity index (χ1n) is 7.93. The number of guanidine groups is 1. The monoisotopic (exact) mass is 335 g/mol. The number of methoxy groups -OCH3 is 1. The second-order valence-corrected chi connectivity index (χ2v) is 5.66. The fraction of sp³-hybridized carbons (Fsp3) is 0.158. The molecule has 128 valence electrons.